The number of piperidine rings is 1. The van der Waals surface area contributed by atoms with Gasteiger partial charge in [0.15, 0.2) is 11.8 Å². The van der Waals surface area contributed by atoms with Crippen molar-refractivity contribution < 1.29 is 8.78 Å². The molecular weight excluding hydrogens is 364 g/mol. The lowest BCUT2D eigenvalue weighted by Crippen LogP contribution is -2.49. The monoisotopic (exact) mass is 391 g/mol. The number of nitrogens with zero attached hydrogens (tertiary/aromatic N) is 4. The largest absolute Gasteiger partial charge is 0.357 e. The topological polar surface area (TPSA) is 81.2 Å². The third-order valence-corrected chi connectivity index (χ3v) is 4.70. The van der Waals surface area contributed by atoms with Crippen LogP contribution in [0.1, 0.15) is 25.3 Å². The first-order valence-corrected chi connectivity index (χ1v) is 9.64. The summed E-state index contributed by atoms with van der Waals surface area (Å²) in [5.74, 6) is 1.48. The average Bonchev–Trinajstić information content (AvgIpc) is 3.22. The number of guanidine groups is 1. The van der Waals surface area contributed by atoms with E-state index in [1.165, 1.54) is 6.33 Å². The van der Waals surface area contributed by atoms with E-state index >= 15 is 0 Å². The van der Waals surface area contributed by atoms with E-state index in [2.05, 4.69) is 30.8 Å². The third-order valence-electron chi connectivity index (χ3n) is 4.70. The molecule has 0 saturated carbocycles. The summed E-state index contributed by atoms with van der Waals surface area (Å²) in [5.41, 5.74) is 2.03. The Morgan fingerprint density at radius 2 is 2.18 bits per heavy atom. The number of H-pyrrole nitrogens is 1. The number of aliphatic imine (C=N–C) groups is 1. The molecule has 0 atom stereocenters. The van der Waals surface area contributed by atoms with Gasteiger partial charge in [0, 0.05) is 31.2 Å². The van der Waals surface area contributed by atoms with Crippen LogP contribution < -0.4 is 10.6 Å². The summed E-state index contributed by atoms with van der Waals surface area (Å²) >= 11 is 0. The zero-order valence-electron chi connectivity index (χ0n) is 16.0. The minimum Gasteiger partial charge on any atom is -0.357 e. The molecule has 152 valence electrons. The Hall–Kier alpha value is -2.55. The van der Waals surface area contributed by atoms with Crippen molar-refractivity contribution in [1.29, 1.82) is 0 Å². The molecule has 0 spiro atoms. The van der Waals surface area contributed by atoms with E-state index in [-0.39, 0.29) is 12.6 Å². The number of rotatable bonds is 7. The maximum absolute atomic E-state index is 12.5. The number of hydrogen-bond acceptors (Lipinski definition) is 4. The molecule has 1 aromatic carbocycles. The minimum atomic E-state index is -2.27. The van der Waals surface area contributed by atoms with Gasteiger partial charge in [0.2, 0.25) is 0 Å². The molecule has 28 heavy (non-hydrogen) atoms. The van der Waals surface area contributed by atoms with Crippen LogP contribution in [-0.2, 0) is 6.54 Å². The first kappa shape index (κ1) is 20.2. The highest BCUT2D eigenvalue weighted by molar-refractivity contribution is 5.80. The van der Waals surface area contributed by atoms with Crippen LogP contribution in [0.3, 0.4) is 0 Å². The molecule has 3 N–H and O–H groups in total. The van der Waals surface area contributed by atoms with Crippen molar-refractivity contribution in [1.82, 2.24) is 30.7 Å². The number of likely N-dealkylation sites (tertiary alicyclic amines) is 1. The van der Waals surface area contributed by atoms with E-state index in [9.17, 15) is 8.78 Å². The highest BCUT2D eigenvalue weighted by Crippen LogP contribution is 2.16. The van der Waals surface area contributed by atoms with E-state index in [4.69, 9.17) is 0 Å². The second-order valence-electron chi connectivity index (χ2n) is 6.84. The molecule has 1 aliphatic rings. The van der Waals surface area contributed by atoms with Crippen molar-refractivity contribution >= 4 is 5.96 Å². The highest BCUT2D eigenvalue weighted by atomic mass is 19.3. The molecule has 0 unspecified atom stereocenters. The van der Waals surface area contributed by atoms with E-state index in [0.717, 1.165) is 42.3 Å². The zero-order valence-corrected chi connectivity index (χ0v) is 16.0. The predicted octanol–water partition coefficient (Wildman–Crippen LogP) is 2.26. The second-order valence-corrected chi connectivity index (χ2v) is 6.84. The highest BCUT2D eigenvalue weighted by Gasteiger charge is 2.21. The molecular formula is C19H27F2N7. The fourth-order valence-electron chi connectivity index (χ4n) is 3.30. The molecule has 2 heterocycles. The van der Waals surface area contributed by atoms with Gasteiger partial charge in [-0.3, -0.25) is 10.00 Å². The van der Waals surface area contributed by atoms with Gasteiger partial charge in [0.1, 0.15) is 6.33 Å². The summed E-state index contributed by atoms with van der Waals surface area (Å²) in [6.07, 6.45) is 0.882. The van der Waals surface area contributed by atoms with E-state index in [1.807, 2.05) is 36.1 Å². The predicted molar refractivity (Wildman–Crippen MR) is 105 cm³/mol. The van der Waals surface area contributed by atoms with Crippen molar-refractivity contribution in [3.05, 3.63) is 36.2 Å². The van der Waals surface area contributed by atoms with Crippen LogP contribution >= 0.6 is 0 Å². The molecule has 2 aromatic rings. The fraction of sp³-hybridized carbons (Fsp3) is 0.526. The van der Waals surface area contributed by atoms with Gasteiger partial charge < -0.3 is 10.6 Å². The zero-order chi connectivity index (χ0) is 19.8. The molecule has 7 nitrogen and oxygen atoms in total. The first-order valence-electron chi connectivity index (χ1n) is 9.64. The maximum atomic E-state index is 12.5. The van der Waals surface area contributed by atoms with Gasteiger partial charge in [-0.2, -0.15) is 5.10 Å². The van der Waals surface area contributed by atoms with Crippen LogP contribution in [0.4, 0.5) is 8.78 Å². The van der Waals surface area contributed by atoms with Gasteiger partial charge in [0.05, 0.1) is 13.1 Å². The van der Waals surface area contributed by atoms with Crippen LogP contribution in [0.5, 0.6) is 0 Å². The molecule has 0 amide bonds. The molecule has 3 rings (SSSR count). The van der Waals surface area contributed by atoms with Crippen molar-refractivity contribution in [2.24, 2.45) is 4.99 Å². The summed E-state index contributed by atoms with van der Waals surface area (Å²) in [6, 6.07) is 8.26. The number of hydrogen-bond donors (Lipinski definition) is 3. The van der Waals surface area contributed by atoms with Crippen molar-refractivity contribution in [3.8, 4) is 11.4 Å². The van der Waals surface area contributed by atoms with Crippen LogP contribution in [0, 0.1) is 0 Å². The van der Waals surface area contributed by atoms with Gasteiger partial charge in [-0.15, -0.1) is 0 Å². The van der Waals surface area contributed by atoms with E-state index < -0.39 is 6.43 Å². The molecule has 9 heteroatoms. The number of halogens is 2. The number of alkyl halides is 2. The number of aromatic nitrogens is 3. The summed E-state index contributed by atoms with van der Waals surface area (Å²) in [7, 11) is 0. The van der Waals surface area contributed by atoms with Gasteiger partial charge >= 0.3 is 0 Å². The quantitative estimate of drug-likeness (QED) is 0.498. The van der Waals surface area contributed by atoms with Crippen LogP contribution in [0.25, 0.3) is 11.4 Å². The van der Waals surface area contributed by atoms with E-state index in [1.54, 1.807) is 0 Å². The van der Waals surface area contributed by atoms with Crippen molar-refractivity contribution in [2.75, 3.05) is 26.2 Å². The molecule has 0 aliphatic carbocycles. The van der Waals surface area contributed by atoms with E-state index in [0.29, 0.717) is 19.6 Å². The molecule has 0 bridgehead atoms. The lowest BCUT2D eigenvalue weighted by atomic mass is 10.1. The fourth-order valence-corrected chi connectivity index (χ4v) is 3.30. The van der Waals surface area contributed by atoms with Crippen molar-refractivity contribution in [3.63, 3.8) is 0 Å². The third kappa shape index (κ3) is 5.98. The lowest BCUT2D eigenvalue weighted by Gasteiger charge is -2.32. The number of aromatic amines is 1. The maximum Gasteiger partial charge on any atom is 0.251 e. The Morgan fingerprint density at radius 3 is 2.86 bits per heavy atom. The van der Waals surface area contributed by atoms with Gasteiger partial charge in [-0.25, -0.2) is 18.8 Å². The number of benzene rings is 1. The van der Waals surface area contributed by atoms with Gasteiger partial charge in [-0.05, 0) is 31.4 Å². The van der Waals surface area contributed by atoms with Gasteiger partial charge in [0.25, 0.3) is 6.43 Å². The smallest absolute Gasteiger partial charge is 0.251 e. The molecule has 1 aliphatic heterocycles. The van der Waals surface area contributed by atoms with Crippen molar-refractivity contribution in [2.45, 2.75) is 38.8 Å². The Labute approximate surface area is 163 Å². The summed E-state index contributed by atoms with van der Waals surface area (Å²) in [5, 5.41) is 13.4. The molecule has 1 fully saturated rings. The Bertz CT molecular complexity index is 741. The first-order chi connectivity index (χ1) is 13.6. The average molecular weight is 391 g/mol. The van der Waals surface area contributed by atoms with Crippen LogP contribution in [-0.4, -0.2) is 64.7 Å². The SMILES string of the molecule is CCNC(=NCc1cccc(-c2ncn[nH]2)c1)NC1CCN(CC(F)F)CC1. The van der Waals surface area contributed by atoms with Crippen LogP contribution in [0.15, 0.2) is 35.6 Å². The molecule has 1 saturated heterocycles. The lowest BCUT2D eigenvalue weighted by molar-refractivity contribution is 0.0744. The summed E-state index contributed by atoms with van der Waals surface area (Å²) < 4.78 is 25.0. The Kier molecular flexibility index (Phi) is 7.30. The van der Waals surface area contributed by atoms with Crippen LogP contribution in [0.2, 0.25) is 0 Å². The van der Waals surface area contributed by atoms with Gasteiger partial charge in [-0.1, -0.05) is 18.2 Å². The standard InChI is InChI=1S/C19H27F2N7/c1-2-22-19(26-16-6-8-28(9-7-16)12-17(20)21)23-11-14-4-3-5-15(10-14)18-24-13-25-27-18/h3-5,10,13,16-17H,2,6-9,11-12H2,1H3,(H2,22,23,26)(H,24,25,27). The normalized spacial score (nSPS) is 16.5. The minimum absolute atomic E-state index is 0.137. The Morgan fingerprint density at radius 1 is 1.36 bits per heavy atom. The Balaban J connectivity index is 1.57. The second kappa shape index (κ2) is 10.1. The molecule has 1 aromatic heterocycles. The number of nitrogens with one attached hydrogen (secondary N) is 3. The summed E-state index contributed by atoms with van der Waals surface area (Å²) in [4.78, 5) is 10.7. The summed E-state index contributed by atoms with van der Waals surface area (Å²) in [6.45, 7) is 4.53. The molecule has 0 radical (unpaired) electrons.